The maximum absolute atomic E-state index is 13.4. The van der Waals surface area contributed by atoms with Crippen LogP contribution in [0.2, 0.25) is 5.02 Å². The zero-order chi connectivity index (χ0) is 21.9. The molecule has 3 rings (SSSR count). The van der Waals surface area contributed by atoms with Crippen LogP contribution in [0.3, 0.4) is 0 Å². The molecule has 9 heteroatoms. The predicted molar refractivity (Wildman–Crippen MR) is 112 cm³/mol. The number of hydrogen-bond donors (Lipinski definition) is 1. The molecule has 0 aromatic heterocycles. The van der Waals surface area contributed by atoms with Gasteiger partial charge in [0.15, 0.2) is 11.6 Å². The average molecular weight is 451 g/mol. The Balaban J connectivity index is 1.95. The van der Waals surface area contributed by atoms with Gasteiger partial charge in [-0.25, -0.2) is 17.2 Å². The van der Waals surface area contributed by atoms with Crippen molar-refractivity contribution in [2.24, 2.45) is 0 Å². The highest BCUT2D eigenvalue weighted by atomic mass is 35.5. The highest BCUT2D eigenvalue weighted by Crippen LogP contribution is 2.30. The summed E-state index contributed by atoms with van der Waals surface area (Å²) in [6.07, 6.45) is 0. The maximum atomic E-state index is 13.4. The van der Waals surface area contributed by atoms with Crippen LogP contribution in [0.5, 0.6) is 0 Å². The lowest BCUT2D eigenvalue weighted by Gasteiger charge is -2.25. The number of benzene rings is 3. The highest BCUT2D eigenvalue weighted by Gasteiger charge is 2.28. The Morgan fingerprint density at radius 2 is 1.67 bits per heavy atom. The minimum atomic E-state index is -4.14. The molecule has 3 aromatic rings. The average Bonchev–Trinajstić information content (AvgIpc) is 2.70. The molecule has 0 unspecified atom stereocenters. The lowest BCUT2D eigenvalue weighted by atomic mass is 10.2. The summed E-state index contributed by atoms with van der Waals surface area (Å²) in [5, 5.41) is 2.50. The Bertz CT molecular complexity index is 1190. The van der Waals surface area contributed by atoms with E-state index in [4.69, 9.17) is 11.6 Å². The van der Waals surface area contributed by atoms with Crippen molar-refractivity contribution in [1.82, 2.24) is 0 Å². The fourth-order valence-corrected chi connectivity index (χ4v) is 4.42. The third-order valence-electron chi connectivity index (χ3n) is 4.22. The number of nitrogens with zero attached hydrogens (tertiary/aromatic N) is 1. The topological polar surface area (TPSA) is 66.5 Å². The second-order valence-corrected chi connectivity index (χ2v) is 8.72. The molecule has 0 fully saturated rings. The molecule has 30 heavy (non-hydrogen) atoms. The van der Waals surface area contributed by atoms with E-state index in [0.717, 1.165) is 22.0 Å². The van der Waals surface area contributed by atoms with E-state index in [-0.39, 0.29) is 21.3 Å². The lowest BCUT2D eigenvalue weighted by molar-refractivity contribution is -0.114. The first-order valence-corrected chi connectivity index (χ1v) is 10.6. The molecule has 3 aromatic carbocycles. The van der Waals surface area contributed by atoms with E-state index in [1.165, 1.54) is 30.3 Å². The Morgan fingerprint density at radius 1 is 1.00 bits per heavy atom. The van der Waals surface area contributed by atoms with Crippen LogP contribution in [0.1, 0.15) is 5.56 Å². The molecule has 0 bridgehead atoms. The van der Waals surface area contributed by atoms with Crippen molar-refractivity contribution in [3.05, 3.63) is 89.0 Å². The molecule has 0 heterocycles. The molecule has 0 saturated carbocycles. The standard InChI is InChI=1S/C21H17ClF2N2O3S/c1-14-6-9-16(10-7-14)30(28,29)26(20-5-3-2-4-17(20)22)13-21(27)25-15-8-11-18(23)19(24)12-15/h2-12H,13H2,1H3,(H,25,27). The molecule has 1 N–H and O–H groups in total. The van der Waals surface area contributed by atoms with Crippen molar-refractivity contribution in [2.75, 3.05) is 16.2 Å². The Morgan fingerprint density at radius 3 is 2.30 bits per heavy atom. The lowest BCUT2D eigenvalue weighted by Crippen LogP contribution is -2.38. The molecule has 156 valence electrons. The summed E-state index contributed by atoms with van der Waals surface area (Å²) in [5.41, 5.74) is 0.972. The van der Waals surface area contributed by atoms with E-state index in [0.29, 0.717) is 0 Å². The summed E-state index contributed by atoms with van der Waals surface area (Å²) in [7, 11) is -4.14. The summed E-state index contributed by atoms with van der Waals surface area (Å²) < 4.78 is 53.9. The molecular weight excluding hydrogens is 434 g/mol. The SMILES string of the molecule is Cc1ccc(S(=O)(=O)N(CC(=O)Nc2ccc(F)c(F)c2)c2ccccc2Cl)cc1. The summed E-state index contributed by atoms with van der Waals surface area (Å²) in [5.74, 6) is -2.95. The first-order chi connectivity index (χ1) is 14.2. The monoisotopic (exact) mass is 450 g/mol. The van der Waals surface area contributed by atoms with Crippen molar-refractivity contribution in [2.45, 2.75) is 11.8 Å². The van der Waals surface area contributed by atoms with Crippen LogP contribution in [-0.4, -0.2) is 20.9 Å². The quantitative estimate of drug-likeness (QED) is 0.588. The fraction of sp³-hybridized carbons (Fsp3) is 0.0952. The van der Waals surface area contributed by atoms with Crippen LogP contribution in [0.25, 0.3) is 0 Å². The van der Waals surface area contributed by atoms with Gasteiger partial charge in [-0.1, -0.05) is 41.4 Å². The van der Waals surface area contributed by atoms with E-state index < -0.39 is 34.1 Å². The summed E-state index contributed by atoms with van der Waals surface area (Å²) >= 11 is 6.19. The van der Waals surface area contributed by atoms with Gasteiger partial charge in [0.2, 0.25) is 5.91 Å². The second-order valence-electron chi connectivity index (χ2n) is 6.45. The molecule has 0 atom stereocenters. The normalized spacial score (nSPS) is 11.2. The highest BCUT2D eigenvalue weighted by molar-refractivity contribution is 7.92. The number of aryl methyl sites for hydroxylation is 1. The van der Waals surface area contributed by atoms with Crippen LogP contribution in [0, 0.1) is 18.6 Å². The molecule has 0 aliphatic carbocycles. The van der Waals surface area contributed by atoms with Crippen molar-refractivity contribution in [3.8, 4) is 0 Å². The zero-order valence-electron chi connectivity index (χ0n) is 15.8. The number of hydrogen-bond acceptors (Lipinski definition) is 3. The Labute approximate surface area is 178 Å². The summed E-state index contributed by atoms with van der Waals surface area (Å²) in [4.78, 5) is 12.5. The van der Waals surface area contributed by atoms with Gasteiger partial charge in [0.1, 0.15) is 6.54 Å². The smallest absolute Gasteiger partial charge is 0.264 e. The number of rotatable bonds is 6. The van der Waals surface area contributed by atoms with Gasteiger partial charge >= 0.3 is 0 Å². The first kappa shape index (κ1) is 21.7. The van der Waals surface area contributed by atoms with Crippen LogP contribution in [-0.2, 0) is 14.8 Å². The van der Waals surface area contributed by atoms with Gasteiger partial charge in [0.05, 0.1) is 15.6 Å². The van der Waals surface area contributed by atoms with Crippen molar-refractivity contribution in [1.29, 1.82) is 0 Å². The van der Waals surface area contributed by atoms with E-state index >= 15 is 0 Å². The fourth-order valence-electron chi connectivity index (χ4n) is 2.70. The third-order valence-corrected chi connectivity index (χ3v) is 6.31. The molecule has 0 aliphatic heterocycles. The van der Waals surface area contributed by atoms with E-state index in [1.54, 1.807) is 24.3 Å². The summed E-state index contributed by atoms with van der Waals surface area (Å²) in [6, 6.07) is 15.2. The molecule has 0 spiro atoms. The van der Waals surface area contributed by atoms with Gasteiger partial charge in [-0.05, 0) is 43.3 Å². The van der Waals surface area contributed by atoms with Gasteiger partial charge in [0.25, 0.3) is 10.0 Å². The van der Waals surface area contributed by atoms with Gasteiger partial charge < -0.3 is 5.32 Å². The van der Waals surface area contributed by atoms with Gasteiger partial charge in [-0.15, -0.1) is 0 Å². The molecular formula is C21H17ClF2N2O3S. The number of sulfonamides is 1. The van der Waals surface area contributed by atoms with E-state index in [1.807, 2.05) is 6.92 Å². The molecule has 0 aliphatic rings. The van der Waals surface area contributed by atoms with Gasteiger partial charge in [-0.2, -0.15) is 0 Å². The van der Waals surface area contributed by atoms with Crippen molar-refractivity contribution < 1.29 is 22.0 Å². The summed E-state index contributed by atoms with van der Waals surface area (Å²) in [6.45, 7) is 1.19. The minimum absolute atomic E-state index is 0.00857. The number of carbonyl (C=O) groups is 1. The van der Waals surface area contributed by atoms with Crippen molar-refractivity contribution >= 4 is 38.9 Å². The van der Waals surface area contributed by atoms with Crippen LogP contribution in [0.4, 0.5) is 20.2 Å². The number of halogens is 3. The van der Waals surface area contributed by atoms with Crippen LogP contribution >= 0.6 is 11.6 Å². The number of amides is 1. The zero-order valence-corrected chi connectivity index (χ0v) is 17.3. The Hall–Kier alpha value is -2.97. The predicted octanol–water partition coefficient (Wildman–Crippen LogP) is 4.76. The molecule has 0 radical (unpaired) electrons. The number of para-hydroxylation sites is 1. The third kappa shape index (κ3) is 4.77. The molecule has 5 nitrogen and oxygen atoms in total. The minimum Gasteiger partial charge on any atom is -0.324 e. The second kappa shape index (κ2) is 8.81. The van der Waals surface area contributed by atoms with E-state index in [2.05, 4.69) is 5.32 Å². The molecule has 0 saturated heterocycles. The van der Waals surface area contributed by atoms with E-state index in [9.17, 15) is 22.0 Å². The Kier molecular flexibility index (Phi) is 6.38. The maximum Gasteiger partial charge on any atom is 0.264 e. The number of anilines is 2. The largest absolute Gasteiger partial charge is 0.324 e. The number of carbonyl (C=O) groups excluding carboxylic acids is 1. The number of nitrogens with one attached hydrogen (secondary N) is 1. The van der Waals surface area contributed by atoms with Gasteiger partial charge in [0, 0.05) is 11.8 Å². The van der Waals surface area contributed by atoms with Crippen LogP contribution < -0.4 is 9.62 Å². The van der Waals surface area contributed by atoms with Gasteiger partial charge in [-0.3, -0.25) is 9.10 Å². The molecule has 1 amide bonds. The first-order valence-electron chi connectivity index (χ1n) is 8.77. The van der Waals surface area contributed by atoms with Crippen LogP contribution in [0.15, 0.2) is 71.6 Å². The van der Waals surface area contributed by atoms with Crippen molar-refractivity contribution in [3.63, 3.8) is 0 Å².